The maximum Gasteiger partial charge on any atom is 0.707 e. The Morgan fingerprint density at radius 1 is 1.46 bits per heavy atom. The van der Waals surface area contributed by atoms with Crippen LogP contribution in [0.15, 0.2) is 6.20 Å². The molecule has 0 fully saturated rings. The van der Waals surface area contributed by atoms with Crippen LogP contribution in [0.2, 0.25) is 0 Å². The van der Waals surface area contributed by atoms with Gasteiger partial charge in [0.2, 0.25) is 0 Å². The monoisotopic (exact) mass is 184 g/mol. The first-order chi connectivity index (χ1) is 5.91. The first kappa shape index (κ1) is 10.1. The molecular weight excluding hydrogens is 171 g/mol. The van der Waals surface area contributed by atoms with Crippen molar-refractivity contribution in [3.05, 3.63) is 11.9 Å². The topological polar surface area (TPSA) is 78.4 Å². The molecule has 0 saturated heterocycles. The zero-order valence-corrected chi connectivity index (χ0v) is 7.90. The minimum Gasteiger partial charge on any atom is -0.509 e. The highest BCUT2D eigenvalue weighted by Crippen LogP contribution is 2.28. The van der Waals surface area contributed by atoms with Gasteiger partial charge in [-0.25, -0.2) is 0 Å². The van der Waals surface area contributed by atoms with Crippen LogP contribution in [0.3, 0.4) is 0 Å². The lowest BCUT2D eigenvalue weighted by Gasteiger charge is -2.18. The van der Waals surface area contributed by atoms with E-state index in [4.69, 9.17) is 14.7 Å². The van der Waals surface area contributed by atoms with Crippen molar-refractivity contribution in [3.63, 3.8) is 0 Å². The number of aromatic amines is 1. The molecule has 0 aliphatic carbocycles. The molecule has 0 spiro atoms. The van der Waals surface area contributed by atoms with E-state index in [2.05, 4.69) is 10.2 Å². The molecule has 1 heterocycles. The second kappa shape index (κ2) is 3.39. The van der Waals surface area contributed by atoms with Crippen molar-refractivity contribution in [1.29, 1.82) is 0 Å². The van der Waals surface area contributed by atoms with E-state index in [0.717, 1.165) is 5.69 Å². The van der Waals surface area contributed by atoms with Crippen molar-refractivity contribution in [2.75, 3.05) is 0 Å². The minimum atomic E-state index is -1.81. The number of hydrogen-bond acceptors (Lipinski definition) is 4. The van der Waals surface area contributed by atoms with E-state index in [0.29, 0.717) is 5.75 Å². The largest absolute Gasteiger partial charge is 0.707 e. The molecule has 72 valence electrons. The average Bonchev–Trinajstić information content (AvgIpc) is 2.31. The van der Waals surface area contributed by atoms with Crippen molar-refractivity contribution < 1.29 is 14.7 Å². The Labute approximate surface area is 76.9 Å². The fourth-order valence-corrected chi connectivity index (χ4v) is 1.02. The molecule has 1 aromatic rings. The maximum absolute atomic E-state index is 8.61. The lowest BCUT2D eigenvalue weighted by molar-refractivity contribution is 0.285. The van der Waals surface area contributed by atoms with E-state index >= 15 is 0 Å². The molecule has 0 bridgehead atoms. The Balaban J connectivity index is 2.90. The van der Waals surface area contributed by atoms with Gasteiger partial charge in [0, 0.05) is 5.41 Å². The molecule has 5 nitrogen and oxygen atoms in total. The smallest absolute Gasteiger partial charge is 0.509 e. The first-order valence-electron chi connectivity index (χ1n) is 3.98. The zero-order chi connectivity index (χ0) is 10.1. The first-order valence-corrected chi connectivity index (χ1v) is 3.98. The molecule has 13 heavy (non-hydrogen) atoms. The minimum absolute atomic E-state index is 0.166. The van der Waals surface area contributed by atoms with Crippen LogP contribution in [-0.2, 0) is 5.41 Å². The predicted molar refractivity (Wildman–Crippen MR) is 48.1 cm³/mol. The Morgan fingerprint density at radius 2 is 2.08 bits per heavy atom. The molecule has 0 amide bonds. The summed E-state index contributed by atoms with van der Waals surface area (Å²) in [5, 5.41) is 23.7. The molecule has 1 rings (SSSR count). The van der Waals surface area contributed by atoms with Gasteiger partial charge in [0.15, 0.2) is 0 Å². The molecule has 0 unspecified atom stereocenters. The highest BCUT2D eigenvalue weighted by Gasteiger charge is 2.23. The van der Waals surface area contributed by atoms with Gasteiger partial charge in [-0.2, -0.15) is 5.10 Å². The van der Waals surface area contributed by atoms with Crippen LogP contribution in [0.4, 0.5) is 0 Å². The Kier molecular flexibility index (Phi) is 2.63. The second-order valence-corrected chi connectivity index (χ2v) is 3.80. The standard InChI is InChI=1S/C7H13BN2O3/c1-7(2,3)6-5(4-9-10-6)13-8(11)12/h4,11-12H,1-3H3,(H,9,10). The van der Waals surface area contributed by atoms with E-state index < -0.39 is 7.32 Å². The number of nitrogens with zero attached hydrogens (tertiary/aromatic N) is 1. The van der Waals surface area contributed by atoms with E-state index in [1.165, 1.54) is 6.20 Å². The van der Waals surface area contributed by atoms with Gasteiger partial charge in [-0.3, -0.25) is 5.10 Å². The Hall–Kier alpha value is -1.01. The third-order valence-corrected chi connectivity index (χ3v) is 1.59. The summed E-state index contributed by atoms with van der Waals surface area (Å²) < 4.78 is 4.73. The summed E-state index contributed by atoms with van der Waals surface area (Å²) >= 11 is 0. The van der Waals surface area contributed by atoms with Gasteiger partial charge in [-0.1, -0.05) is 20.8 Å². The number of hydrogen-bond donors (Lipinski definition) is 3. The highest BCUT2D eigenvalue weighted by atomic mass is 16.6. The van der Waals surface area contributed by atoms with Crippen LogP contribution in [0.1, 0.15) is 26.5 Å². The van der Waals surface area contributed by atoms with Crippen LogP contribution < -0.4 is 4.65 Å². The molecule has 0 aromatic carbocycles. The number of aromatic nitrogens is 2. The molecule has 0 atom stereocenters. The van der Waals surface area contributed by atoms with Gasteiger partial charge in [0.25, 0.3) is 0 Å². The van der Waals surface area contributed by atoms with Gasteiger partial charge < -0.3 is 14.7 Å². The third kappa shape index (κ3) is 2.47. The van der Waals surface area contributed by atoms with Gasteiger partial charge in [0.1, 0.15) is 5.75 Å². The summed E-state index contributed by atoms with van der Waals surface area (Å²) in [6, 6.07) is 0. The van der Waals surface area contributed by atoms with Crippen molar-refractivity contribution in [1.82, 2.24) is 10.2 Å². The summed E-state index contributed by atoms with van der Waals surface area (Å²) in [6.45, 7) is 5.91. The van der Waals surface area contributed by atoms with E-state index in [-0.39, 0.29) is 5.41 Å². The molecule has 0 saturated carbocycles. The predicted octanol–water partition coefficient (Wildman–Crippen LogP) is 0.0555. The Morgan fingerprint density at radius 3 is 2.54 bits per heavy atom. The lowest BCUT2D eigenvalue weighted by Crippen LogP contribution is -2.23. The van der Waals surface area contributed by atoms with Crippen molar-refractivity contribution in [2.45, 2.75) is 26.2 Å². The van der Waals surface area contributed by atoms with Crippen LogP contribution in [0, 0.1) is 0 Å². The van der Waals surface area contributed by atoms with E-state index in [1.807, 2.05) is 20.8 Å². The number of rotatable bonds is 2. The van der Waals surface area contributed by atoms with E-state index in [9.17, 15) is 0 Å². The molecule has 0 radical (unpaired) electrons. The maximum atomic E-state index is 8.61. The summed E-state index contributed by atoms with van der Waals surface area (Å²) in [7, 11) is -1.81. The van der Waals surface area contributed by atoms with Crippen molar-refractivity contribution >= 4 is 7.32 Å². The Bertz CT molecular complexity index is 280. The van der Waals surface area contributed by atoms with Crippen LogP contribution in [0.5, 0.6) is 5.75 Å². The molecule has 6 heteroatoms. The van der Waals surface area contributed by atoms with Crippen LogP contribution >= 0.6 is 0 Å². The van der Waals surface area contributed by atoms with Gasteiger partial charge in [-0.05, 0) is 0 Å². The van der Waals surface area contributed by atoms with Gasteiger partial charge in [-0.15, -0.1) is 0 Å². The fraction of sp³-hybridized carbons (Fsp3) is 0.571. The molecule has 1 aromatic heterocycles. The van der Waals surface area contributed by atoms with Gasteiger partial charge in [0.05, 0.1) is 11.9 Å². The summed E-state index contributed by atoms with van der Waals surface area (Å²) in [6.07, 6.45) is 1.42. The normalized spacial score (nSPS) is 11.5. The van der Waals surface area contributed by atoms with Crippen LogP contribution in [-0.4, -0.2) is 27.6 Å². The summed E-state index contributed by atoms with van der Waals surface area (Å²) in [4.78, 5) is 0. The average molecular weight is 184 g/mol. The van der Waals surface area contributed by atoms with Crippen LogP contribution in [0.25, 0.3) is 0 Å². The number of nitrogens with one attached hydrogen (secondary N) is 1. The zero-order valence-electron chi connectivity index (χ0n) is 7.90. The van der Waals surface area contributed by atoms with Crippen molar-refractivity contribution in [2.24, 2.45) is 0 Å². The highest BCUT2D eigenvalue weighted by molar-refractivity contribution is 6.33. The van der Waals surface area contributed by atoms with Gasteiger partial charge >= 0.3 is 7.32 Å². The summed E-state index contributed by atoms with van der Waals surface area (Å²) in [5.41, 5.74) is 0.571. The lowest BCUT2D eigenvalue weighted by atomic mass is 9.92. The summed E-state index contributed by atoms with van der Waals surface area (Å²) in [5.74, 6) is 0.363. The molecule has 0 aliphatic rings. The SMILES string of the molecule is CC(C)(C)c1[nH]ncc1OB(O)O. The second-order valence-electron chi connectivity index (χ2n) is 3.80. The quantitative estimate of drug-likeness (QED) is 0.567. The molecular formula is C7H13BN2O3. The van der Waals surface area contributed by atoms with E-state index in [1.54, 1.807) is 0 Å². The molecule has 0 aliphatic heterocycles. The van der Waals surface area contributed by atoms with Crippen molar-refractivity contribution in [3.8, 4) is 5.75 Å². The number of H-pyrrole nitrogens is 1. The molecule has 3 N–H and O–H groups in total. The fourth-order valence-electron chi connectivity index (χ4n) is 1.02. The third-order valence-electron chi connectivity index (χ3n) is 1.59.